The van der Waals surface area contributed by atoms with E-state index in [1.807, 2.05) is 20.8 Å². The number of amides is 1. The standard InChI is InChI=1S/C17H28BNO4/c1-16(2,3)23-11-10-17(4,5)12-19-15(20)13-6-8-14(9-7-13)18(21)22/h6-9,21-22H,10-12H2,1-5H3,(H,19,20). The van der Waals surface area contributed by atoms with E-state index in [4.69, 9.17) is 14.8 Å². The second-order valence-electron chi connectivity index (χ2n) is 7.55. The first kappa shape index (κ1) is 19.7. The molecule has 1 aromatic rings. The van der Waals surface area contributed by atoms with Crippen molar-refractivity contribution in [1.82, 2.24) is 5.32 Å². The molecule has 6 heteroatoms. The van der Waals surface area contributed by atoms with Crippen LogP contribution < -0.4 is 10.8 Å². The van der Waals surface area contributed by atoms with E-state index in [-0.39, 0.29) is 16.9 Å². The number of nitrogens with one attached hydrogen (secondary N) is 1. The Morgan fingerprint density at radius 2 is 1.70 bits per heavy atom. The number of rotatable bonds is 7. The maximum Gasteiger partial charge on any atom is 0.488 e. The molecule has 0 atom stereocenters. The minimum Gasteiger partial charge on any atom is -0.423 e. The number of carbonyl (C=O) groups excluding carboxylic acids is 1. The van der Waals surface area contributed by atoms with E-state index >= 15 is 0 Å². The van der Waals surface area contributed by atoms with Crippen LogP contribution in [0.2, 0.25) is 0 Å². The third kappa shape index (κ3) is 7.64. The molecule has 1 aromatic carbocycles. The summed E-state index contributed by atoms with van der Waals surface area (Å²) in [6.07, 6.45) is 0.847. The van der Waals surface area contributed by atoms with Gasteiger partial charge in [0.05, 0.1) is 5.60 Å². The summed E-state index contributed by atoms with van der Waals surface area (Å²) < 4.78 is 5.73. The fourth-order valence-corrected chi connectivity index (χ4v) is 1.95. The van der Waals surface area contributed by atoms with Crippen LogP contribution >= 0.6 is 0 Å². The van der Waals surface area contributed by atoms with E-state index in [9.17, 15) is 4.79 Å². The zero-order valence-electron chi connectivity index (χ0n) is 14.7. The molecule has 0 aliphatic rings. The summed E-state index contributed by atoms with van der Waals surface area (Å²) in [4.78, 5) is 12.1. The number of benzene rings is 1. The maximum atomic E-state index is 12.1. The summed E-state index contributed by atoms with van der Waals surface area (Å²) in [6.45, 7) is 11.4. The van der Waals surface area contributed by atoms with Crippen LogP contribution in [0.5, 0.6) is 0 Å². The summed E-state index contributed by atoms with van der Waals surface area (Å²) in [5, 5.41) is 21.0. The summed E-state index contributed by atoms with van der Waals surface area (Å²) in [5.74, 6) is -0.172. The molecule has 23 heavy (non-hydrogen) atoms. The zero-order valence-corrected chi connectivity index (χ0v) is 14.7. The van der Waals surface area contributed by atoms with Crippen molar-refractivity contribution in [2.45, 2.75) is 46.6 Å². The molecule has 3 N–H and O–H groups in total. The summed E-state index contributed by atoms with van der Waals surface area (Å²) in [5.41, 5.74) is 0.637. The lowest BCUT2D eigenvalue weighted by atomic mass is 9.80. The number of hydrogen-bond donors (Lipinski definition) is 3. The van der Waals surface area contributed by atoms with Gasteiger partial charge < -0.3 is 20.1 Å². The molecule has 0 saturated heterocycles. The fraction of sp³-hybridized carbons (Fsp3) is 0.588. The summed E-state index contributed by atoms with van der Waals surface area (Å²) in [6, 6.07) is 6.23. The Balaban J connectivity index is 2.47. The molecule has 0 bridgehead atoms. The first-order valence-corrected chi connectivity index (χ1v) is 7.88. The molecule has 0 saturated carbocycles. The normalized spacial score (nSPS) is 12.1. The Kier molecular flexibility index (Phi) is 6.80. The quantitative estimate of drug-likeness (QED) is 0.662. The van der Waals surface area contributed by atoms with E-state index in [1.165, 1.54) is 12.1 Å². The lowest BCUT2D eigenvalue weighted by Crippen LogP contribution is -2.36. The lowest BCUT2D eigenvalue weighted by Gasteiger charge is -2.27. The maximum absolute atomic E-state index is 12.1. The van der Waals surface area contributed by atoms with Crippen molar-refractivity contribution in [3.63, 3.8) is 0 Å². The van der Waals surface area contributed by atoms with E-state index in [0.717, 1.165) is 6.42 Å². The molecular weight excluding hydrogens is 293 g/mol. The molecule has 1 amide bonds. The van der Waals surface area contributed by atoms with Crippen molar-refractivity contribution >= 4 is 18.5 Å². The third-order valence-electron chi connectivity index (χ3n) is 3.51. The molecule has 0 aromatic heterocycles. The highest BCUT2D eigenvalue weighted by atomic mass is 16.5. The molecule has 0 heterocycles. The Morgan fingerprint density at radius 3 is 2.17 bits per heavy atom. The van der Waals surface area contributed by atoms with Gasteiger partial charge in [0.25, 0.3) is 5.91 Å². The predicted molar refractivity (Wildman–Crippen MR) is 92.7 cm³/mol. The monoisotopic (exact) mass is 321 g/mol. The Morgan fingerprint density at radius 1 is 1.13 bits per heavy atom. The summed E-state index contributed by atoms with van der Waals surface area (Å²) >= 11 is 0. The van der Waals surface area contributed by atoms with Crippen molar-refractivity contribution < 1.29 is 19.6 Å². The molecule has 0 spiro atoms. The van der Waals surface area contributed by atoms with Gasteiger partial charge in [-0.1, -0.05) is 26.0 Å². The van der Waals surface area contributed by atoms with Crippen molar-refractivity contribution in [3.05, 3.63) is 29.8 Å². The second-order valence-corrected chi connectivity index (χ2v) is 7.55. The first-order chi connectivity index (χ1) is 10.5. The highest BCUT2D eigenvalue weighted by Crippen LogP contribution is 2.21. The number of hydrogen-bond acceptors (Lipinski definition) is 4. The van der Waals surface area contributed by atoms with E-state index in [2.05, 4.69) is 19.2 Å². The minimum atomic E-state index is -1.52. The largest absolute Gasteiger partial charge is 0.488 e. The first-order valence-electron chi connectivity index (χ1n) is 7.88. The zero-order chi connectivity index (χ0) is 17.7. The van der Waals surface area contributed by atoms with Crippen LogP contribution in [0.25, 0.3) is 0 Å². The van der Waals surface area contributed by atoms with Crippen LogP contribution in [0.1, 0.15) is 51.4 Å². The van der Waals surface area contributed by atoms with Gasteiger partial charge in [-0.05, 0) is 50.2 Å². The number of carbonyl (C=O) groups is 1. The smallest absolute Gasteiger partial charge is 0.423 e. The molecule has 1 rings (SSSR count). The average Bonchev–Trinajstić information content (AvgIpc) is 2.43. The van der Waals surface area contributed by atoms with Crippen LogP contribution in [0.3, 0.4) is 0 Å². The topological polar surface area (TPSA) is 78.8 Å². The van der Waals surface area contributed by atoms with Gasteiger partial charge in [-0.2, -0.15) is 0 Å². The second kappa shape index (κ2) is 7.95. The van der Waals surface area contributed by atoms with Gasteiger partial charge in [0.2, 0.25) is 0 Å². The average molecular weight is 321 g/mol. The summed E-state index contributed by atoms with van der Waals surface area (Å²) in [7, 11) is -1.52. The van der Waals surface area contributed by atoms with Gasteiger partial charge in [-0.25, -0.2) is 0 Å². The van der Waals surface area contributed by atoms with Gasteiger partial charge in [-0.3, -0.25) is 4.79 Å². The molecule has 0 unspecified atom stereocenters. The van der Waals surface area contributed by atoms with Gasteiger partial charge in [0, 0.05) is 18.7 Å². The van der Waals surface area contributed by atoms with Crippen LogP contribution in [-0.2, 0) is 4.74 Å². The molecule has 0 fully saturated rings. The van der Waals surface area contributed by atoms with Gasteiger partial charge in [-0.15, -0.1) is 0 Å². The SMILES string of the molecule is CC(C)(CCOC(C)(C)C)CNC(=O)c1ccc(B(O)O)cc1. The van der Waals surface area contributed by atoms with Crippen LogP contribution in [0.15, 0.2) is 24.3 Å². The fourth-order valence-electron chi connectivity index (χ4n) is 1.95. The van der Waals surface area contributed by atoms with Crippen molar-refractivity contribution in [3.8, 4) is 0 Å². The van der Waals surface area contributed by atoms with Gasteiger partial charge in [0.1, 0.15) is 0 Å². The molecule has 0 aliphatic carbocycles. The Labute approximate surface area is 139 Å². The molecular formula is C17H28BNO4. The molecule has 128 valence electrons. The van der Waals surface area contributed by atoms with Crippen LogP contribution in [0, 0.1) is 5.41 Å². The lowest BCUT2D eigenvalue weighted by molar-refractivity contribution is -0.0153. The Bertz CT molecular complexity index is 506. The highest BCUT2D eigenvalue weighted by Gasteiger charge is 2.21. The predicted octanol–water partition coefficient (Wildman–Crippen LogP) is 1.33. The minimum absolute atomic E-state index is 0.0673. The third-order valence-corrected chi connectivity index (χ3v) is 3.51. The van der Waals surface area contributed by atoms with Crippen LogP contribution in [-0.4, -0.2) is 41.8 Å². The van der Waals surface area contributed by atoms with Crippen LogP contribution in [0.4, 0.5) is 0 Å². The van der Waals surface area contributed by atoms with Crippen molar-refractivity contribution in [2.24, 2.45) is 5.41 Å². The van der Waals surface area contributed by atoms with Crippen molar-refractivity contribution in [2.75, 3.05) is 13.2 Å². The highest BCUT2D eigenvalue weighted by molar-refractivity contribution is 6.58. The Hall–Kier alpha value is -1.37. The van der Waals surface area contributed by atoms with Gasteiger partial charge >= 0.3 is 7.12 Å². The van der Waals surface area contributed by atoms with E-state index < -0.39 is 7.12 Å². The molecule has 0 aliphatic heterocycles. The molecule has 5 nitrogen and oxygen atoms in total. The van der Waals surface area contributed by atoms with E-state index in [1.54, 1.807) is 12.1 Å². The van der Waals surface area contributed by atoms with Gasteiger partial charge in [0.15, 0.2) is 0 Å². The molecule has 0 radical (unpaired) electrons. The van der Waals surface area contributed by atoms with Crippen molar-refractivity contribution in [1.29, 1.82) is 0 Å². The number of ether oxygens (including phenoxy) is 1. The van der Waals surface area contributed by atoms with E-state index in [0.29, 0.717) is 24.2 Å².